The molecule has 3 heterocycles. The molecule has 0 aromatic heterocycles. The fraction of sp³-hybridized carbons (Fsp3) is 0.667. The van der Waals surface area contributed by atoms with Crippen molar-refractivity contribution in [2.45, 2.75) is 84.1 Å². The summed E-state index contributed by atoms with van der Waals surface area (Å²) in [5.41, 5.74) is 1.56. The molecule has 1 spiro atoms. The fourth-order valence-corrected chi connectivity index (χ4v) is 6.34. The van der Waals surface area contributed by atoms with E-state index in [0.29, 0.717) is 31.5 Å². The molecule has 3 amide bonds. The zero-order valence-electron chi connectivity index (χ0n) is 21.5. The molecule has 3 aliphatic heterocycles. The summed E-state index contributed by atoms with van der Waals surface area (Å²) in [5, 5.41) is 16.3. The summed E-state index contributed by atoms with van der Waals surface area (Å²) in [6.45, 7) is 10.2. The summed E-state index contributed by atoms with van der Waals surface area (Å²) in [6.07, 6.45) is 2.13. The van der Waals surface area contributed by atoms with Gasteiger partial charge in [-0.15, -0.1) is 0 Å². The van der Waals surface area contributed by atoms with Crippen molar-refractivity contribution in [3.8, 4) is 0 Å². The van der Waals surface area contributed by atoms with Gasteiger partial charge in [-0.05, 0) is 62.6 Å². The number of aliphatic hydroxyl groups excluding tert-OH is 1. The van der Waals surface area contributed by atoms with Gasteiger partial charge in [0.05, 0.1) is 30.6 Å². The van der Waals surface area contributed by atoms with E-state index in [1.54, 1.807) is 4.90 Å². The smallest absolute Gasteiger partial charge is 0.250 e. The standard InChI is InChI=1S/C27H39N3O5/c1-6-11-28-24(32)21-20-9-10-27(35-20)22(21)26(34)30(18(14-31)12-15(2)3)23(27)25(33)29-19-13-16(4)7-8-17(19)5/h7-8,13,15,18,20-23,31H,6,9-12,14H2,1-5H3,(H,28,32)(H,29,33)/t18-,20-,21+,22+,23?,27?/m1/s1. The van der Waals surface area contributed by atoms with Crippen LogP contribution in [0.4, 0.5) is 5.69 Å². The fourth-order valence-electron chi connectivity index (χ4n) is 6.34. The molecule has 8 nitrogen and oxygen atoms in total. The lowest BCUT2D eigenvalue weighted by molar-refractivity contribution is -0.144. The highest BCUT2D eigenvalue weighted by molar-refractivity contribution is 6.04. The van der Waals surface area contributed by atoms with Crippen LogP contribution in [-0.2, 0) is 19.1 Å². The van der Waals surface area contributed by atoms with Crippen LogP contribution in [0.5, 0.6) is 0 Å². The van der Waals surface area contributed by atoms with E-state index in [-0.39, 0.29) is 36.4 Å². The molecule has 35 heavy (non-hydrogen) atoms. The first-order valence-corrected chi connectivity index (χ1v) is 12.9. The molecule has 4 rings (SSSR count). The summed E-state index contributed by atoms with van der Waals surface area (Å²) in [5.74, 6) is -1.91. The molecule has 3 aliphatic rings. The van der Waals surface area contributed by atoms with Crippen molar-refractivity contribution in [2.24, 2.45) is 17.8 Å². The summed E-state index contributed by atoms with van der Waals surface area (Å²) < 4.78 is 6.46. The van der Waals surface area contributed by atoms with Crippen molar-refractivity contribution in [3.63, 3.8) is 0 Å². The van der Waals surface area contributed by atoms with Crippen LogP contribution in [0.1, 0.15) is 57.6 Å². The average Bonchev–Trinajstić information content (AvgIpc) is 3.45. The van der Waals surface area contributed by atoms with Crippen molar-refractivity contribution >= 4 is 23.4 Å². The van der Waals surface area contributed by atoms with Crippen LogP contribution in [-0.4, -0.2) is 64.7 Å². The van der Waals surface area contributed by atoms with Crippen LogP contribution in [0.15, 0.2) is 18.2 Å². The molecule has 3 saturated heterocycles. The number of rotatable bonds is 9. The summed E-state index contributed by atoms with van der Waals surface area (Å²) in [6, 6.07) is 4.40. The van der Waals surface area contributed by atoms with E-state index in [2.05, 4.69) is 10.6 Å². The molecule has 192 valence electrons. The summed E-state index contributed by atoms with van der Waals surface area (Å²) in [4.78, 5) is 42.6. The number of benzene rings is 1. The summed E-state index contributed by atoms with van der Waals surface area (Å²) in [7, 11) is 0. The van der Waals surface area contributed by atoms with E-state index in [1.807, 2.05) is 52.8 Å². The molecule has 1 aromatic carbocycles. The first kappa shape index (κ1) is 25.6. The van der Waals surface area contributed by atoms with Crippen molar-refractivity contribution in [2.75, 3.05) is 18.5 Å². The highest BCUT2D eigenvalue weighted by Crippen LogP contribution is 2.59. The quantitative estimate of drug-likeness (QED) is 0.498. The number of hydrogen-bond donors (Lipinski definition) is 3. The maximum atomic E-state index is 14.0. The number of carbonyl (C=O) groups excluding carboxylic acids is 3. The first-order valence-electron chi connectivity index (χ1n) is 12.9. The minimum absolute atomic E-state index is 0.184. The number of ether oxygens (including phenoxy) is 1. The number of nitrogens with one attached hydrogen (secondary N) is 2. The first-order chi connectivity index (χ1) is 16.6. The van der Waals surface area contributed by atoms with Gasteiger partial charge in [-0.2, -0.15) is 0 Å². The Morgan fingerprint density at radius 2 is 2.00 bits per heavy atom. The Kier molecular flexibility index (Phi) is 7.25. The Balaban J connectivity index is 1.74. The van der Waals surface area contributed by atoms with Gasteiger partial charge in [-0.3, -0.25) is 14.4 Å². The van der Waals surface area contributed by atoms with Gasteiger partial charge in [-0.1, -0.05) is 32.9 Å². The Morgan fingerprint density at radius 3 is 2.66 bits per heavy atom. The monoisotopic (exact) mass is 485 g/mol. The zero-order chi connectivity index (χ0) is 25.5. The summed E-state index contributed by atoms with van der Waals surface area (Å²) >= 11 is 0. The van der Waals surface area contributed by atoms with E-state index in [0.717, 1.165) is 17.5 Å². The maximum absolute atomic E-state index is 14.0. The number of aliphatic hydroxyl groups is 1. The van der Waals surface area contributed by atoms with Crippen molar-refractivity contribution in [3.05, 3.63) is 29.3 Å². The highest BCUT2D eigenvalue weighted by Gasteiger charge is 2.75. The Labute approximate surface area is 207 Å². The third-order valence-electron chi connectivity index (χ3n) is 7.84. The van der Waals surface area contributed by atoms with E-state index < -0.39 is 29.5 Å². The number of nitrogens with zero attached hydrogens (tertiary/aromatic N) is 1. The normalized spacial score (nSPS) is 30.0. The number of hydrogen-bond acceptors (Lipinski definition) is 5. The molecule has 0 saturated carbocycles. The minimum Gasteiger partial charge on any atom is -0.394 e. The number of aryl methyl sites for hydroxylation is 2. The van der Waals surface area contributed by atoms with Gasteiger partial charge >= 0.3 is 0 Å². The molecular formula is C27H39N3O5. The number of amides is 3. The molecule has 2 bridgehead atoms. The van der Waals surface area contributed by atoms with Gasteiger partial charge < -0.3 is 25.4 Å². The van der Waals surface area contributed by atoms with Crippen molar-refractivity contribution in [1.82, 2.24) is 10.2 Å². The van der Waals surface area contributed by atoms with Crippen LogP contribution in [0.3, 0.4) is 0 Å². The zero-order valence-corrected chi connectivity index (χ0v) is 21.5. The van der Waals surface area contributed by atoms with Gasteiger partial charge in [0.25, 0.3) is 0 Å². The van der Waals surface area contributed by atoms with Gasteiger partial charge in [0, 0.05) is 12.2 Å². The largest absolute Gasteiger partial charge is 0.394 e. The molecule has 0 aliphatic carbocycles. The predicted molar refractivity (Wildman–Crippen MR) is 133 cm³/mol. The van der Waals surface area contributed by atoms with E-state index in [1.165, 1.54) is 0 Å². The second-order valence-electron chi connectivity index (χ2n) is 10.9. The number of carbonyl (C=O) groups is 3. The third kappa shape index (κ3) is 4.35. The van der Waals surface area contributed by atoms with Crippen LogP contribution in [0.2, 0.25) is 0 Å². The van der Waals surface area contributed by atoms with Crippen LogP contribution < -0.4 is 10.6 Å². The van der Waals surface area contributed by atoms with E-state index in [4.69, 9.17) is 4.74 Å². The SMILES string of the molecule is CCCNC(=O)[C@@H]1[C@H]2C(=O)N([C@@H](CO)CC(C)C)C(C(=O)Nc3cc(C)ccc3C)C23CC[C@H]1O3. The average molecular weight is 486 g/mol. The van der Waals surface area contributed by atoms with E-state index >= 15 is 0 Å². The minimum atomic E-state index is -1.07. The van der Waals surface area contributed by atoms with Crippen LogP contribution >= 0.6 is 0 Å². The topological polar surface area (TPSA) is 108 Å². The molecular weight excluding hydrogens is 446 g/mol. The van der Waals surface area contributed by atoms with Gasteiger partial charge in [-0.25, -0.2) is 0 Å². The second-order valence-corrected chi connectivity index (χ2v) is 10.9. The van der Waals surface area contributed by atoms with Crippen LogP contribution in [0.25, 0.3) is 0 Å². The molecule has 2 unspecified atom stereocenters. The van der Waals surface area contributed by atoms with E-state index in [9.17, 15) is 19.5 Å². The molecule has 6 atom stereocenters. The van der Waals surface area contributed by atoms with Crippen molar-refractivity contribution < 1.29 is 24.2 Å². The molecule has 3 N–H and O–H groups in total. The Bertz CT molecular complexity index is 995. The number of fused-ring (bicyclic) bond motifs is 1. The van der Waals surface area contributed by atoms with Gasteiger partial charge in [0.15, 0.2) is 0 Å². The highest BCUT2D eigenvalue weighted by atomic mass is 16.5. The number of likely N-dealkylation sites (tertiary alicyclic amines) is 1. The molecule has 8 heteroatoms. The lowest BCUT2D eigenvalue weighted by atomic mass is 9.70. The maximum Gasteiger partial charge on any atom is 0.250 e. The molecule has 3 fully saturated rings. The lowest BCUT2D eigenvalue weighted by Crippen LogP contribution is -2.56. The number of anilines is 1. The molecule has 0 radical (unpaired) electrons. The van der Waals surface area contributed by atoms with Gasteiger partial charge in [0.1, 0.15) is 11.6 Å². The van der Waals surface area contributed by atoms with Gasteiger partial charge in [0.2, 0.25) is 17.7 Å². The lowest BCUT2D eigenvalue weighted by Gasteiger charge is -2.37. The molecule has 1 aromatic rings. The third-order valence-corrected chi connectivity index (χ3v) is 7.84. The predicted octanol–water partition coefficient (Wildman–Crippen LogP) is 2.55. The van der Waals surface area contributed by atoms with Crippen LogP contribution in [0, 0.1) is 31.6 Å². The van der Waals surface area contributed by atoms with Crippen molar-refractivity contribution in [1.29, 1.82) is 0 Å². The Morgan fingerprint density at radius 1 is 1.26 bits per heavy atom. The second kappa shape index (κ2) is 9.90. The Hall–Kier alpha value is -2.45.